The summed E-state index contributed by atoms with van der Waals surface area (Å²) >= 11 is 1.66. The number of rotatable bonds is 7. The number of hydrogen-bond donors (Lipinski definition) is 1. The van der Waals surface area contributed by atoms with Crippen LogP contribution in [-0.2, 0) is 9.47 Å². The second-order valence-electron chi connectivity index (χ2n) is 5.29. The molecule has 1 fully saturated rings. The highest BCUT2D eigenvalue weighted by molar-refractivity contribution is 8.00. The molecule has 0 radical (unpaired) electrons. The molecule has 1 N–H and O–H groups in total. The number of ether oxygens (including phenoxy) is 2. The summed E-state index contributed by atoms with van der Waals surface area (Å²) in [5.74, 6) is 1.85. The van der Waals surface area contributed by atoms with E-state index in [-0.39, 0.29) is 17.4 Å². The molecule has 1 aromatic rings. The molecule has 0 saturated carbocycles. The van der Waals surface area contributed by atoms with Crippen LogP contribution in [0.25, 0.3) is 0 Å². The van der Waals surface area contributed by atoms with Crippen molar-refractivity contribution in [2.45, 2.75) is 32.4 Å². The lowest BCUT2D eigenvalue weighted by molar-refractivity contribution is -0.0226. The van der Waals surface area contributed by atoms with Crippen LogP contribution in [0.5, 0.6) is 0 Å². The van der Waals surface area contributed by atoms with Gasteiger partial charge in [-0.2, -0.15) is 4.98 Å². The summed E-state index contributed by atoms with van der Waals surface area (Å²) < 4.78 is 12.7. The summed E-state index contributed by atoms with van der Waals surface area (Å²) in [5, 5.41) is 3.15. The summed E-state index contributed by atoms with van der Waals surface area (Å²) in [6.45, 7) is 8.18. The van der Waals surface area contributed by atoms with Crippen molar-refractivity contribution >= 4 is 17.6 Å². The van der Waals surface area contributed by atoms with E-state index in [1.165, 1.54) is 0 Å². The molecule has 0 bridgehead atoms. The van der Waals surface area contributed by atoms with Gasteiger partial charge in [0.05, 0.1) is 6.61 Å². The van der Waals surface area contributed by atoms with Crippen molar-refractivity contribution in [3.05, 3.63) is 22.7 Å². The zero-order valence-electron chi connectivity index (χ0n) is 12.7. The van der Waals surface area contributed by atoms with Crippen LogP contribution in [0.1, 0.15) is 27.0 Å². The number of aromatic nitrogens is 2. The Morgan fingerprint density at radius 2 is 2.43 bits per heavy atom. The minimum Gasteiger partial charge on any atom is -0.378 e. The lowest BCUT2D eigenvalue weighted by atomic mass is 10.2. The molecule has 0 amide bonds. The monoisotopic (exact) mass is 313 g/mol. The van der Waals surface area contributed by atoms with Crippen molar-refractivity contribution in [1.29, 1.82) is 0 Å². The first-order chi connectivity index (χ1) is 10.1. The van der Waals surface area contributed by atoms with Gasteiger partial charge in [-0.25, -0.2) is 4.79 Å². The van der Waals surface area contributed by atoms with Gasteiger partial charge in [-0.15, -0.1) is 11.8 Å². The van der Waals surface area contributed by atoms with Crippen molar-refractivity contribution in [3.8, 4) is 0 Å². The van der Waals surface area contributed by atoms with Crippen LogP contribution < -0.4 is 11.0 Å². The van der Waals surface area contributed by atoms with Crippen molar-refractivity contribution < 1.29 is 9.47 Å². The van der Waals surface area contributed by atoms with Gasteiger partial charge in [0.2, 0.25) is 0 Å². The van der Waals surface area contributed by atoms with E-state index in [2.05, 4.69) is 24.1 Å². The smallest absolute Gasteiger partial charge is 0.351 e. The van der Waals surface area contributed by atoms with Crippen molar-refractivity contribution in [2.75, 3.05) is 30.8 Å². The summed E-state index contributed by atoms with van der Waals surface area (Å²) in [6, 6.07) is 1.81. The Morgan fingerprint density at radius 1 is 1.62 bits per heavy atom. The van der Waals surface area contributed by atoms with Gasteiger partial charge in [-0.1, -0.05) is 13.8 Å². The molecule has 6 nitrogen and oxygen atoms in total. The first kappa shape index (κ1) is 16.3. The highest BCUT2D eigenvalue weighted by atomic mass is 32.2. The van der Waals surface area contributed by atoms with Gasteiger partial charge in [-0.05, 0) is 18.9 Å². The van der Waals surface area contributed by atoms with Gasteiger partial charge < -0.3 is 14.8 Å². The zero-order valence-corrected chi connectivity index (χ0v) is 13.6. The largest absolute Gasteiger partial charge is 0.378 e. The molecule has 0 spiro atoms. The van der Waals surface area contributed by atoms with E-state index in [0.29, 0.717) is 24.9 Å². The third-order valence-corrected chi connectivity index (χ3v) is 4.12. The Morgan fingerprint density at radius 3 is 3.10 bits per heavy atom. The van der Waals surface area contributed by atoms with Crippen molar-refractivity contribution in [3.63, 3.8) is 0 Å². The van der Waals surface area contributed by atoms with Crippen molar-refractivity contribution in [1.82, 2.24) is 9.55 Å². The SMILES string of the molecule is CCOC[C@@H]1O[C@H](n2ccc(NCC(C)C)nc2=O)CS1. The van der Waals surface area contributed by atoms with Crippen LogP contribution in [0.2, 0.25) is 0 Å². The molecule has 2 rings (SSSR count). The fraction of sp³-hybridized carbons (Fsp3) is 0.714. The zero-order chi connectivity index (χ0) is 15.2. The first-order valence-corrected chi connectivity index (χ1v) is 8.33. The summed E-state index contributed by atoms with van der Waals surface area (Å²) in [4.78, 5) is 16.1. The van der Waals surface area contributed by atoms with E-state index in [4.69, 9.17) is 9.47 Å². The van der Waals surface area contributed by atoms with Gasteiger partial charge in [0.1, 0.15) is 17.5 Å². The molecule has 2 heterocycles. The normalized spacial score (nSPS) is 21.9. The summed E-state index contributed by atoms with van der Waals surface area (Å²) in [7, 11) is 0. The molecule has 118 valence electrons. The van der Waals surface area contributed by atoms with E-state index < -0.39 is 0 Å². The lowest BCUT2D eigenvalue weighted by Gasteiger charge is -2.15. The third kappa shape index (κ3) is 4.72. The second kappa shape index (κ2) is 7.82. The van der Waals surface area contributed by atoms with Gasteiger partial charge >= 0.3 is 5.69 Å². The molecular formula is C14H23N3O3S. The maximum Gasteiger partial charge on any atom is 0.351 e. The van der Waals surface area contributed by atoms with E-state index in [1.54, 1.807) is 22.5 Å². The van der Waals surface area contributed by atoms with Gasteiger partial charge in [0.25, 0.3) is 0 Å². The maximum absolute atomic E-state index is 12.1. The third-order valence-electron chi connectivity index (χ3n) is 3.02. The number of thioether (sulfide) groups is 1. The molecule has 7 heteroatoms. The standard InChI is InChI=1S/C14H23N3O3S/c1-4-19-8-13-20-12(9-21-13)17-6-5-11(16-14(17)18)15-7-10(2)3/h5-6,10,12-13H,4,7-9H2,1-3H3,(H,15,16,18)/t12-,13+/m0/s1. The second-order valence-corrected chi connectivity index (χ2v) is 6.48. The molecule has 1 aliphatic rings. The van der Waals surface area contributed by atoms with E-state index in [0.717, 1.165) is 12.3 Å². The molecular weight excluding hydrogens is 290 g/mol. The first-order valence-electron chi connectivity index (χ1n) is 7.28. The molecule has 0 aliphatic carbocycles. The Hall–Kier alpha value is -1.05. The van der Waals surface area contributed by atoms with Crippen LogP contribution in [-0.4, -0.2) is 40.5 Å². The topological polar surface area (TPSA) is 65.4 Å². The molecule has 1 saturated heterocycles. The Bertz CT molecular complexity index is 506. The average molecular weight is 313 g/mol. The molecule has 2 atom stereocenters. The number of anilines is 1. The van der Waals surface area contributed by atoms with E-state index in [1.807, 2.05) is 13.0 Å². The Labute approximate surface area is 129 Å². The molecule has 0 unspecified atom stereocenters. The highest BCUT2D eigenvalue weighted by Gasteiger charge is 2.28. The lowest BCUT2D eigenvalue weighted by Crippen LogP contribution is -2.29. The quantitative estimate of drug-likeness (QED) is 0.830. The maximum atomic E-state index is 12.1. The van der Waals surface area contributed by atoms with Crippen LogP contribution >= 0.6 is 11.8 Å². The average Bonchev–Trinajstić information content (AvgIpc) is 2.91. The number of nitrogens with one attached hydrogen (secondary N) is 1. The minimum absolute atomic E-state index is 0.0133. The number of nitrogens with zero attached hydrogens (tertiary/aromatic N) is 2. The Balaban J connectivity index is 1.96. The fourth-order valence-electron chi connectivity index (χ4n) is 1.93. The van der Waals surface area contributed by atoms with Crippen LogP contribution in [0, 0.1) is 5.92 Å². The highest BCUT2D eigenvalue weighted by Crippen LogP contribution is 2.30. The minimum atomic E-state index is -0.286. The van der Waals surface area contributed by atoms with Gasteiger partial charge in [-0.3, -0.25) is 4.57 Å². The number of hydrogen-bond acceptors (Lipinski definition) is 6. The molecule has 0 aromatic carbocycles. The fourth-order valence-corrected chi connectivity index (χ4v) is 2.95. The Kier molecular flexibility index (Phi) is 6.08. The van der Waals surface area contributed by atoms with Crippen LogP contribution in [0.3, 0.4) is 0 Å². The van der Waals surface area contributed by atoms with Crippen LogP contribution in [0.15, 0.2) is 17.1 Å². The molecule has 1 aliphatic heterocycles. The van der Waals surface area contributed by atoms with E-state index in [9.17, 15) is 4.79 Å². The summed E-state index contributed by atoms with van der Waals surface area (Å²) in [5.41, 5.74) is -0.299. The molecule has 21 heavy (non-hydrogen) atoms. The van der Waals surface area contributed by atoms with Crippen LogP contribution in [0.4, 0.5) is 5.82 Å². The van der Waals surface area contributed by atoms with Crippen molar-refractivity contribution in [2.24, 2.45) is 5.92 Å². The molecule has 1 aromatic heterocycles. The van der Waals surface area contributed by atoms with E-state index >= 15 is 0 Å². The van der Waals surface area contributed by atoms with Gasteiger partial charge in [0.15, 0.2) is 0 Å². The predicted molar refractivity (Wildman–Crippen MR) is 84.7 cm³/mol. The summed E-state index contributed by atoms with van der Waals surface area (Å²) in [6.07, 6.45) is 1.48. The van der Waals surface area contributed by atoms with Gasteiger partial charge in [0, 0.05) is 25.1 Å². The predicted octanol–water partition coefficient (Wildman–Crippen LogP) is 1.94.